The van der Waals surface area contributed by atoms with E-state index in [1.54, 1.807) is 12.1 Å². The van der Waals surface area contributed by atoms with E-state index in [2.05, 4.69) is 41.0 Å². The number of para-hydroxylation sites is 1. The molecule has 0 N–H and O–H groups in total. The molecule has 2 aromatic carbocycles. The standard InChI is InChI=1S/C23H26N2O3/c1-18-5-2-3-6-21(18)25-13-11-24(12-14-25)10-4-15-27-19-7-8-20-22(26)9-16-28-23(20)17-19/h2-3,5-9,16-17H,4,10-15H2,1H3. The van der Waals surface area contributed by atoms with Gasteiger partial charge in [-0.1, -0.05) is 18.2 Å². The Bertz CT molecular complexity index is 990. The zero-order chi connectivity index (χ0) is 19.3. The van der Waals surface area contributed by atoms with E-state index in [1.807, 2.05) is 6.07 Å². The number of fused-ring (bicyclic) bond motifs is 1. The fourth-order valence-electron chi connectivity index (χ4n) is 3.76. The molecule has 0 unspecified atom stereocenters. The number of rotatable bonds is 6. The summed E-state index contributed by atoms with van der Waals surface area (Å²) in [5.74, 6) is 0.742. The van der Waals surface area contributed by atoms with Gasteiger partial charge in [0, 0.05) is 50.5 Å². The summed E-state index contributed by atoms with van der Waals surface area (Å²) in [6, 6.07) is 15.4. The van der Waals surface area contributed by atoms with Crippen LogP contribution in [0.4, 0.5) is 5.69 Å². The molecule has 0 radical (unpaired) electrons. The maximum absolute atomic E-state index is 11.7. The van der Waals surface area contributed by atoms with Gasteiger partial charge in [0.2, 0.25) is 0 Å². The van der Waals surface area contributed by atoms with E-state index in [9.17, 15) is 4.79 Å². The smallest absolute Gasteiger partial charge is 0.192 e. The second-order valence-corrected chi connectivity index (χ2v) is 7.26. The topological polar surface area (TPSA) is 45.9 Å². The SMILES string of the molecule is Cc1ccccc1N1CCN(CCCOc2ccc3c(=O)ccoc3c2)CC1. The quantitative estimate of drug-likeness (QED) is 0.612. The number of nitrogens with zero attached hydrogens (tertiary/aromatic N) is 2. The highest BCUT2D eigenvalue weighted by Crippen LogP contribution is 2.21. The van der Waals surface area contributed by atoms with Gasteiger partial charge in [-0.2, -0.15) is 0 Å². The summed E-state index contributed by atoms with van der Waals surface area (Å²) in [5.41, 5.74) is 3.24. The first kappa shape index (κ1) is 18.6. The molecule has 5 heteroatoms. The van der Waals surface area contributed by atoms with Crippen LogP contribution in [0.15, 0.2) is 64.0 Å². The highest BCUT2D eigenvalue weighted by Gasteiger charge is 2.17. The lowest BCUT2D eigenvalue weighted by atomic mass is 10.1. The highest BCUT2D eigenvalue weighted by atomic mass is 16.5. The number of piperazine rings is 1. The molecule has 1 saturated heterocycles. The first-order valence-electron chi connectivity index (χ1n) is 9.88. The van der Waals surface area contributed by atoms with Crippen LogP contribution < -0.4 is 15.1 Å². The minimum Gasteiger partial charge on any atom is -0.493 e. The van der Waals surface area contributed by atoms with Gasteiger partial charge in [0.25, 0.3) is 0 Å². The van der Waals surface area contributed by atoms with Crippen molar-refractivity contribution in [3.63, 3.8) is 0 Å². The predicted molar refractivity (Wildman–Crippen MR) is 112 cm³/mol. The van der Waals surface area contributed by atoms with E-state index in [0.29, 0.717) is 17.6 Å². The molecule has 1 aromatic heterocycles. The molecule has 0 spiro atoms. The van der Waals surface area contributed by atoms with Gasteiger partial charge in [-0.25, -0.2) is 0 Å². The summed E-state index contributed by atoms with van der Waals surface area (Å²) in [5, 5.41) is 0.585. The summed E-state index contributed by atoms with van der Waals surface area (Å²) < 4.78 is 11.2. The summed E-state index contributed by atoms with van der Waals surface area (Å²) in [7, 11) is 0. The molecule has 2 heterocycles. The van der Waals surface area contributed by atoms with Crippen molar-refractivity contribution in [3.05, 3.63) is 70.6 Å². The summed E-state index contributed by atoms with van der Waals surface area (Å²) in [6.07, 6.45) is 2.40. The van der Waals surface area contributed by atoms with Crippen molar-refractivity contribution < 1.29 is 9.15 Å². The lowest BCUT2D eigenvalue weighted by Gasteiger charge is -2.36. The number of aryl methyl sites for hydroxylation is 1. The Labute approximate surface area is 165 Å². The van der Waals surface area contributed by atoms with E-state index >= 15 is 0 Å². The zero-order valence-electron chi connectivity index (χ0n) is 16.3. The number of hydrogen-bond donors (Lipinski definition) is 0. The first-order chi connectivity index (χ1) is 13.7. The molecular weight excluding hydrogens is 352 g/mol. The molecule has 0 aliphatic carbocycles. The van der Waals surface area contributed by atoms with Gasteiger partial charge < -0.3 is 14.1 Å². The Hall–Kier alpha value is -2.79. The third-order valence-electron chi connectivity index (χ3n) is 5.35. The van der Waals surface area contributed by atoms with Crippen molar-refractivity contribution >= 4 is 16.7 Å². The van der Waals surface area contributed by atoms with Crippen molar-refractivity contribution in [3.8, 4) is 5.75 Å². The molecule has 0 atom stereocenters. The molecular formula is C23H26N2O3. The van der Waals surface area contributed by atoms with Gasteiger partial charge in [0.1, 0.15) is 11.3 Å². The molecule has 146 valence electrons. The monoisotopic (exact) mass is 378 g/mol. The fraction of sp³-hybridized carbons (Fsp3) is 0.348. The average molecular weight is 378 g/mol. The summed E-state index contributed by atoms with van der Waals surface area (Å²) in [4.78, 5) is 16.7. The number of benzene rings is 2. The summed E-state index contributed by atoms with van der Waals surface area (Å²) >= 11 is 0. The molecule has 5 nitrogen and oxygen atoms in total. The molecule has 3 aromatic rings. The lowest BCUT2D eigenvalue weighted by molar-refractivity contribution is 0.224. The Balaban J connectivity index is 1.22. The van der Waals surface area contributed by atoms with Crippen LogP contribution in [-0.4, -0.2) is 44.2 Å². The van der Waals surface area contributed by atoms with Crippen LogP contribution in [0.1, 0.15) is 12.0 Å². The van der Waals surface area contributed by atoms with E-state index in [-0.39, 0.29) is 5.43 Å². The van der Waals surface area contributed by atoms with Crippen LogP contribution in [-0.2, 0) is 0 Å². The van der Waals surface area contributed by atoms with Crippen molar-refractivity contribution in [2.75, 3.05) is 44.2 Å². The van der Waals surface area contributed by atoms with Crippen LogP contribution in [0.25, 0.3) is 11.0 Å². The lowest BCUT2D eigenvalue weighted by Crippen LogP contribution is -2.47. The predicted octanol–water partition coefficient (Wildman–Crippen LogP) is 3.69. The molecule has 0 amide bonds. The molecule has 28 heavy (non-hydrogen) atoms. The van der Waals surface area contributed by atoms with Crippen LogP contribution in [0.3, 0.4) is 0 Å². The normalized spacial score (nSPS) is 15.1. The van der Waals surface area contributed by atoms with E-state index in [1.165, 1.54) is 23.6 Å². The van der Waals surface area contributed by atoms with E-state index < -0.39 is 0 Å². The van der Waals surface area contributed by atoms with Crippen molar-refractivity contribution in [1.29, 1.82) is 0 Å². The molecule has 1 aliphatic heterocycles. The van der Waals surface area contributed by atoms with Crippen LogP contribution >= 0.6 is 0 Å². The van der Waals surface area contributed by atoms with Crippen molar-refractivity contribution in [2.45, 2.75) is 13.3 Å². The Morgan fingerprint density at radius 3 is 2.68 bits per heavy atom. The molecule has 4 rings (SSSR count). The van der Waals surface area contributed by atoms with Crippen LogP contribution in [0.5, 0.6) is 5.75 Å². The second kappa shape index (κ2) is 8.48. The van der Waals surface area contributed by atoms with Gasteiger partial charge in [-0.15, -0.1) is 0 Å². The average Bonchev–Trinajstić information content (AvgIpc) is 2.72. The Morgan fingerprint density at radius 1 is 1.04 bits per heavy atom. The molecule has 0 bridgehead atoms. The first-order valence-corrected chi connectivity index (χ1v) is 9.88. The molecule has 1 fully saturated rings. The van der Waals surface area contributed by atoms with Gasteiger partial charge in [-0.05, 0) is 37.1 Å². The maximum Gasteiger partial charge on any atom is 0.192 e. The largest absolute Gasteiger partial charge is 0.493 e. The third-order valence-corrected chi connectivity index (χ3v) is 5.35. The van der Waals surface area contributed by atoms with Crippen LogP contribution in [0, 0.1) is 6.92 Å². The van der Waals surface area contributed by atoms with Crippen molar-refractivity contribution in [2.24, 2.45) is 0 Å². The Morgan fingerprint density at radius 2 is 1.86 bits per heavy atom. The highest BCUT2D eigenvalue weighted by molar-refractivity contribution is 5.77. The Kier molecular flexibility index (Phi) is 5.63. The maximum atomic E-state index is 11.7. The van der Waals surface area contributed by atoms with Gasteiger partial charge in [-0.3, -0.25) is 9.69 Å². The zero-order valence-corrected chi connectivity index (χ0v) is 16.3. The minimum atomic E-state index is -0.0300. The molecule has 1 aliphatic rings. The number of ether oxygens (including phenoxy) is 1. The summed E-state index contributed by atoms with van der Waals surface area (Å²) in [6.45, 7) is 8.15. The van der Waals surface area contributed by atoms with Gasteiger partial charge in [0.15, 0.2) is 5.43 Å². The number of anilines is 1. The van der Waals surface area contributed by atoms with E-state index in [0.717, 1.165) is 44.9 Å². The van der Waals surface area contributed by atoms with Crippen LogP contribution in [0.2, 0.25) is 0 Å². The van der Waals surface area contributed by atoms with Gasteiger partial charge >= 0.3 is 0 Å². The third kappa shape index (κ3) is 4.20. The minimum absolute atomic E-state index is 0.0300. The van der Waals surface area contributed by atoms with Gasteiger partial charge in [0.05, 0.1) is 18.3 Å². The fourth-order valence-corrected chi connectivity index (χ4v) is 3.76. The van der Waals surface area contributed by atoms with E-state index in [4.69, 9.17) is 9.15 Å². The molecule has 0 saturated carbocycles. The second-order valence-electron chi connectivity index (χ2n) is 7.26. The van der Waals surface area contributed by atoms with Crippen molar-refractivity contribution in [1.82, 2.24) is 4.90 Å². The number of hydrogen-bond acceptors (Lipinski definition) is 5.